The van der Waals surface area contributed by atoms with Gasteiger partial charge >= 0.3 is 0 Å². The maximum Gasteiger partial charge on any atom is 0.274 e. The Balaban J connectivity index is 2.26. The van der Waals surface area contributed by atoms with E-state index in [2.05, 4.69) is 20.6 Å². The number of aryl methyl sites for hydroxylation is 1. The molecule has 0 aliphatic heterocycles. The number of carbonyl (C=O) groups excluding carboxylic acids is 1. The molecule has 1 aromatic carbocycles. The van der Waals surface area contributed by atoms with Gasteiger partial charge in [-0.25, -0.2) is 9.97 Å². The molecule has 0 atom stereocenters. The second-order valence-electron chi connectivity index (χ2n) is 6.61. The second kappa shape index (κ2) is 7.38. The first kappa shape index (κ1) is 18.5. The predicted octanol–water partition coefficient (Wildman–Crippen LogP) is 3.26. The van der Waals surface area contributed by atoms with Crippen LogP contribution in [0.5, 0.6) is 11.5 Å². The number of methoxy groups -OCH3 is 2. The van der Waals surface area contributed by atoms with Crippen LogP contribution in [0.2, 0.25) is 0 Å². The third-order valence-electron chi connectivity index (χ3n) is 3.23. The molecule has 1 aromatic heterocycles. The number of carbonyl (C=O) groups is 1. The van der Waals surface area contributed by atoms with Gasteiger partial charge in [-0.15, -0.1) is 0 Å². The first-order valence-electron chi connectivity index (χ1n) is 7.89. The fourth-order valence-electron chi connectivity index (χ4n) is 2.16. The molecule has 2 N–H and O–H groups in total. The maximum atomic E-state index is 12.6. The number of hydrogen-bond donors (Lipinski definition) is 2. The minimum Gasteiger partial charge on any atom is -0.497 e. The molecule has 7 heteroatoms. The molecule has 1 amide bonds. The van der Waals surface area contributed by atoms with Gasteiger partial charge in [-0.1, -0.05) is 0 Å². The summed E-state index contributed by atoms with van der Waals surface area (Å²) in [6.45, 7) is 7.82. The molecule has 25 heavy (non-hydrogen) atoms. The molecule has 7 nitrogen and oxygen atoms in total. The number of ether oxygens (including phenoxy) is 2. The van der Waals surface area contributed by atoms with Gasteiger partial charge in [0.2, 0.25) is 5.95 Å². The summed E-state index contributed by atoms with van der Waals surface area (Å²) >= 11 is 0. The van der Waals surface area contributed by atoms with Crippen LogP contribution >= 0.6 is 0 Å². The van der Waals surface area contributed by atoms with Crippen LogP contribution in [0.1, 0.15) is 37.0 Å². The van der Waals surface area contributed by atoms with Crippen molar-refractivity contribution in [2.24, 2.45) is 0 Å². The molecule has 0 spiro atoms. The van der Waals surface area contributed by atoms with Crippen molar-refractivity contribution in [1.82, 2.24) is 9.97 Å². The zero-order valence-corrected chi connectivity index (χ0v) is 15.4. The van der Waals surface area contributed by atoms with Crippen molar-refractivity contribution in [2.45, 2.75) is 33.2 Å². The number of amides is 1. The van der Waals surface area contributed by atoms with E-state index in [1.54, 1.807) is 31.4 Å². The lowest BCUT2D eigenvalue weighted by atomic mass is 10.1. The molecular formula is C18H24N4O3. The number of anilines is 2. The van der Waals surface area contributed by atoms with Gasteiger partial charge in [0.1, 0.15) is 17.2 Å². The van der Waals surface area contributed by atoms with Gasteiger partial charge in [-0.3, -0.25) is 4.79 Å². The van der Waals surface area contributed by atoms with Crippen LogP contribution in [0, 0.1) is 6.92 Å². The molecule has 0 radical (unpaired) electrons. The minimum absolute atomic E-state index is 0.208. The van der Waals surface area contributed by atoms with E-state index in [9.17, 15) is 4.79 Å². The van der Waals surface area contributed by atoms with E-state index in [-0.39, 0.29) is 17.1 Å². The van der Waals surface area contributed by atoms with Gasteiger partial charge in [0.15, 0.2) is 0 Å². The molecule has 0 aliphatic carbocycles. The van der Waals surface area contributed by atoms with E-state index >= 15 is 0 Å². The maximum absolute atomic E-state index is 12.6. The highest BCUT2D eigenvalue weighted by Gasteiger charge is 2.16. The minimum atomic E-state index is -0.342. The molecule has 0 unspecified atom stereocenters. The average Bonchev–Trinajstić information content (AvgIpc) is 2.52. The molecule has 0 saturated carbocycles. The van der Waals surface area contributed by atoms with E-state index < -0.39 is 0 Å². The Kier molecular flexibility index (Phi) is 5.46. The average molecular weight is 344 g/mol. The van der Waals surface area contributed by atoms with Gasteiger partial charge in [0.25, 0.3) is 5.91 Å². The zero-order valence-electron chi connectivity index (χ0n) is 15.4. The highest BCUT2D eigenvalue weighted by molar-refractivity contribution is 6.04. The third kappa shape index (κ3) is 5.07. The topological polar surface area (TPSA) is 85.4 Å². The number of rotatable bonds is 5. The van der Waals surface area contributed by atoms with Crippen LogP contribution in [0.4, 0.5) is 11.6 Å². The Morgan fingerprint density at radius 1 is 1.08 bits per heavy atom. The Labute approximate surface area is 147 Å². The van der Waals surface area contributed by atoms with Crippen LogP contribution in [0.15, 0.2) is 24.3 Å². The monoisotopic (exact) mass is 344 g/mol. The molecular weight excluding hydrogens is 320 g/mol. The fourth-order valence-corrected chi connectivity index (χ4v) is 2.16. The summed E-state index contributed by atoms with van der Waals surface area (Å²) in [5.74, 6) is 1.22. The summed E-state index contributed by atoms with van der Waals surface area (Å²) in [5.41, 5.74) is 1.31. The second-order valence-corrected chi connectivity index (χ2v) is 6.61. The number of benzene rings is 1. The van der Waals surface area contributed by atoms with Gasteiger partial charge in [0, 0.05) is 17.3 Å². The summed E-state index contributed by atoms with van der Waals surface area (Å²) in [4.78, 5) is 21.2. The SMILES string of the molecule is COc1ccc(NC(=O)c2cc(C)nc(NC(C)(C)C)n2)c(OC)c1. The summed E-state index contributed by atoms with van der Waals surface area (Å²) in [6, 6.07) is 6.81. The van der Waals surface area contributed by atoms with E-state index in [4.69, 9.17) is 9.47 Å². The highest BCUT2D eigenvalue weighted by Crippen LogP contribution is 2.29. The Bertz CT molecular complexity index is 769. The normalized spacial score (nSPS) is 11.0. The lowest BCUT2D eigenvalue weighted by Gasteiger charge is -2.21. The van der Waals surface area contributed by atoms with Gasteiger partial charge in [0.05, 0.1) is 19.9 Å². The standard InChI is InChI=1S/C18H24N4O3/c1-11-9-14(21-17(19-11)22-18(2,3)4)16(23)20-13-8-7-12(24-5)10-15(13)25-6/h7-10H,1-6H3,(H,20,23)(H,19,21,22). The Morgan fingerprint density at radius 3 is 2.40 bits per heavy atom. The first-order chi connectivity index (χ1) is 11.7. The number of hydrogen-bond acceptors (Lipinski definition) is 6. The number of aromatic nitrogens is 2. The van der Waals surface area contributed by atoms with Gasteiger partial charge in [-0.05, 0) is 45.9 Å². The van der Waals surface area contributed by atoms with Crippen molar-refractivity contribution in [3.63, 3.8) is 0 Å². The lowest BCUT2D eigenvalue weighted by molar-refractivity contribution is 0.102. The van der Waals surface area contributed by atoms with Crippen molar-refractivity contribution in [2.75, 3.05) is 24.9 Å². The largest absolute Gasteiger partial charge is 0.497 e. The fraction of sp³-hybridized carbons (Fsp3) is 0.389. The van der Waals surface area contributed by atoms with E-state index in [1.807, 2.05) is 27.7 Å². The van der Waals surface area contributed by atoms with E-state index in [0.29, 0.717) is 28.8 Å². The smallest absolute Gasteiger partial charge is 0.274 e. The van der Waals surface area contributed by atoms with Crippen LogP contribution in [0.25, 0.3) is 0 Å². The van der Waals surface area contributed by atoms with Gasteiger partial charge < -0.3 is 20.1 Å². The van der Waals surface area contributed by atoms with Gasteiger partial charge in [-0.2, -0.15) is 0 Å². The molecule has 134 valence electrons. The van der Waals surface area contributed by atoms with Crippen molar-refractivity contribution >= 4 is 17.5 Å². The number of nitrogens with one attached hydrogen (secondary N) is 2. The van der Waals surface area contributed by atoms with Crippen LogP contribution in [-0.4, -0.2) is 35.6 Å². The van der Waals surface area contributed by atoms with Crippen LogP contribution in [-0.2, 0) is 0 Å². The van der Waals surface area contributed by atoms with Crippen molar-refractivity contribution in [1.29, 1.82) is 0 Å². The number of nitrogens with zero attached hydrogens (tertiary/aromatic N) is 2. The van der Waals surface area contributed by atoms with E-state index in [0.717, 1.165) is 0 Å². The summed E-state index contributed by atoms with van der Waals surface area (Å²) < 4.78 is 10.5. The summed E-state index contributed by atoms with van der Waals surface area (Å²) in [6.07, 6.45) is 0. The molecule has 0 saturated heterocycles. The quantitative estimate of drug-likeness (QED) is 0.866. The summed E-state index contributed by atoms with van der Waals surface area (Å²) in [7, 11) is 3.10. The molecule has 0 bridgehead atoms. The molecule has 2 aromatic rings. The molecule has 0 aliphatic rings. The zero-order chi connectivity index (χ0) is 18.6. The molecule has 1 heterocycles. The van der Waals surface area contributed by atoms with E-state index in [1.165, 1.54) is 7.11 Å². The Morgan fingerprint density at radius 2 is 1.80 bits per heavy atom. The molecule has 0 fully saturated rings. The third-order valence-corrected chi connectivity index (χ3v) is 3.23. The molecule has 2 rings (SSSR count). The van der Waals surface area contributed by atoms with Crippen molar-refractivity contribution < 1.29 is 14.3 Å². The predicted molar refractivity (Wildman–Crippen MR) is 97.6 cm³/mol. The highest BCUT2D eigenvalue weighted by atomic mass is 16.5. The summed E-state index contributed by atoms with van der Waals surface area (Å²) in [5, 5.41) is 5.98. The van der Waals surface area contributed by atoms with Crippen LogP contribution in [0.3, 0.4) is 0 Å². The van der Waals surface area contributed by atoms with Crippen LogP contribution < -0.4 is 20.1 Å². The lowest BCUT2D eigenvalue weighted by Crippen LogP contribution is -2.28. The Hall–Kier alpha value is -2.83. The van der Waals surface area contributed by atoms with Crippen molar-refractivity contribution in [3.05, 3.63) is 35.7 Å². The first-order valence-corrected chi connectivity index (χ1v) is 7.89. The van der Waals surface area contributed by atoms with Crippen molar-refractivity contribution in [3.8, 4) is 11.5 Å².